The molecule has 154 valence electrons. The predicted octanol–water partition coefficient (Wildman–Crippen LogP) is 3.92. The highest BCUT2D eigenvalue weighted by Gasteiger charge is 2.24. The fraction of sp³-hybridized carbons (Fsp3) is 0.429. The van der Waals surface area contributed by atoms with E-state index in [4.69, 9.17) is 4.42 Å². The second kappa shape index (κ2) is 7.33. The molecule has 3 aromatic rings. The number of sulfonamides is 1. The van der Waals surface area contributed by atoms with Crippen LogP contribution in [0.5, 0.6) is 0 Å². The second-order valence-corrected chi connectivity index (χ2v) is 9.75. The lowest BCUT2D eigenvalue weighted by atomic mass is 10.0. The van der Waals surface area contributed by atoms with E-state index < -0.39 is 10.0 Å². The summed E-state index contributed by atoms with van der Waals surface area (Å²) < 4.78 is 34.6. The summed E-state index contributed by atoms with van der Waals surface area (Å²) in [7, 11) is -1.74. The van der Waals surface area contributed by atoms with E-state index in [1.807, 2.05) is 0 Å². The summed E-state index contributed by atoms with van der Waals surface area (Å²) in [6.45, 7) is 3.35. The molecule has 4 rings (SSSR count). The van der Waals surface area contributed by atoms with Crippen LogP contribution in [0.2, 0.25) is 0 Å². The van der Waals surface area contributed by atoms with Crippen LogP contribution in [0, 0.1) is 6.92 Å². The topological polar surface area (TPSA) is 94.2 Å². The number of pyridine rings is 1. The smallest absolute Gasteiger partial charge is 0.253 e. The lowest BCUT2D eigenvalue weighted by Crippen LogP contribution is -2.18. The lowest BCUT2D eigenvalue weighted by molar-refractivity contribution is 0.474. The zero-order valence-electron chi connectivity index (χ0n) is 16.9. The molecule has 0 amide bonds. The Balaban J connectivity index is 1.93. The minimum Gasteiger partial charge on any atom is -0.440 e. The van der Waals surface area contributed by atoms with E-state index in [-0.39, 0.29) is 11.3 Å². The van der Waals surface area contributed by atoms with Crippen molar-refractivity contribution in [3.05, 3.63) is 46.2 Å². The molecule has 1 aliphatic carbocycles. The summed E-state index contributed by atoms with van der Waals surface area (Å²) in [5.41, 5.74) is 3.69. The number of oxazole rings is 1. The molecule has 2 aromatic heterocycles. The van der Waals surface area contributed by atoms with Crippen molar-refractivity contribution in [1.82, 2.24) is 9.55 Å². The molecule has 0 unspecified atom stereocenters. The van der Waals surface area contributed by atoms with Crippen molar-refractivity contribution in [3.63, 3.8) is 0 Å². The van der Waals surface area contributed by atoms with E-state index in [9.17, 15) is 13.2 Å². The van der Waals surface area contributed by atoms with Crippen LogP contribution in [0.3, 0.4) is 0 Å². The zero-order chi connectivity index (χ0) is 20.8. The molecule has 1 aromatic carbocycles. The number of hydrogen-bond acceptors (Lipinski definition) is 5. The molecule has 0 saturated heterocycles. The van der Waals surface area contributed by atoms with Gasteiger partial charge in [-0.15, -0.1) is 0 Å². The molecule has 0 spiro atoms. The average molecular weight is 416 g/mol. The third-order valence-electron chi connectivity index (χ3n) is 5.54. The van der Waals surface area contributed by atoms with Crippen LogP contribution >= 0.6 is 0 Å². The molecule has 1 aliphatic rings. The normalized spacial score (nSPS) is 15.3. The van der Waals surface area contributed by atoms with E-state index >= 15 is 0 Å². The van der Waals surface area contributed by atoms with Crippen molar-refractivity contribution in [2.45, 2.75) is 45.4 Å². The number of anilines is 1. The molecule has 7 nitrogen and oxygen atoms in total. The van der Waals surface area contributed by atoms with Crippen molar-refractivity contribution >= 4 is 26.8 Å². The molecule has 0 radical (unpaired) electrons. The van der Waals surface area contributed by atoms with Gasteiger partial charge in [0.05, 0.1) is 11.4 Å². The maximum Gasteiger partial charge on any atom is 0.253 e. The van der Waals surface area contributed by atoms with E-state index in [0.29, 0.717) is 39.7 Å². The fourth-order valence-electron chi connectivity index (χ4n) is 3.95. The van der Waals surface area contributed by atoms with Gasteiger partial charge in [-0.2, -0.15) is 0 Å². The Morgan fingerprint density at radius 3 is 2.62 bits per heavy atom. The molecule has 0 bridgehead atoms. The lowest BCUT2D eigenvalue weighted by Gasteiger charge is -2.10. The maximum atomic E-state index is 12.1. The highest BCUT2D eigenvalue weighted by molar-refractivity contribution is 7.92. The molecular weight excluding hydrogens is 390 g/mol. The van der Waals surface area contributed by atoms with E-state index in [1.54, 1.807) is 45.3 Å². The Morgan fingerprint density at radius 1 is 1.24 bits per heavy atom. The van der Waals surface area contributed by atoms with Gasteiger partial charge >= 0.3 is 0 Å². The summed E-state index contributed by atoms with van der Waals surface area (Å²) in [4.78, 5) is 16.8. The van der Waals surface area contributed by atoms with Crippen LogP contribution in [-0.2, 0) is 17.1 Å². The SMILES string of the molecule is CCS(=O)(=O)Nc1cc(-c2cc(C)c(=O)n(C)c2)c2oc(C3CCCC3)nc2c1. The highest BCUT2D eigenvalue weighted by Crippen LogP contribution is 2.38. The molecule has 0 atom stereocenters. The molecular formula is C21H25N3O4S. The number of nitrogens with zero attached hydrogens (tertiary/aromatic N) is 2. The largest absolute Gasteiger partial charge is 0.440 e. The second-order valence-electron chi connectivity index (χ2n) is 7.74. The quantitative estimate of drug-likeness (QED) is 0.682. The van der Waals surface area contributed by atoms with Crippen LogP contribution in [-0.4, -0.2) is 23.7 Å². The van der Waals surface area contributed by atoms with Gasteiger partial charge in [-0.1, -0.05) is 12.8 Å². The highest BCUT2D eigenvalue weighted by atomic mass is 32.2. The van der Waals surface area contributed by atoms with Crippen LogP contribution in [0.15, 0.2) is 33.6 Å². The van der Waals surface area contributed by atoms with Gasteiger partial charge in [0, 0.05) is 35.9 Å². The zero-order valence-corrected chi connectivity index (χ0v) is 17.7. The first kappa shape index (κ1) is 19.7. The van der Waals surface area contributed by atoms with Gasteiger partial charge in [0.2, 0.25) is 10.0 Å². The van der Waals surface area contributed by atoms with Gasteiger partial charge in [-0.25, -0.2) is 13.4 Å². The van der Waals surface area contributed by atoms with Gasteiger partial charge in [0.25, 0.3) is 5.56 Å². The van der Waals surface area contributed by atoms with Crippen molar-refractivity contribution in [3.8, 4) is 11.1 Å². The van der Waals surface area contributed by atoms with Gasteiger partial charge in [0.1, 0.15) is 5.52 Å². The predicted molar refractivity (Wildman–Crippen MR) is 114 cm³/mol. The van der Waals surface area contributed by atoms with Gasteiger partial charge in [-0.3, -0.25) is 9.52 Å². The van der Waals surface area contributed by atoms with E-state index in [1.165, 1.54) is 4.57 Å². The average Bonchev–Trinajstić information content (AvgIpc) is 3.34. The molecule has 1 N–H and O–H groups in total. The van der Waals surface area contributed by atoms with Crippen LogP contribution < -0.4 is 10.3 Å². The Labute approximate surface area is 169 Å². The number of aromatic nitrogens is 2. The fourth-order valence-corrected chi connectivity index (χ4v) is 4.57. The van der Waals surface area contributed by atoms with Gasteiger partial charge < -0.3 is 8.98 Å². The van der Waals surface area contributed by atoms with Crippen molar-refractivity contribution < 1.29 is 12.8 Å². The monoisotopic (exact) mass is 415 g/mol. The third kappa shape index (κ3) is 3.81. The van der Waals surface area contributed by atoms with Gasteiger partial charge in [-0.05, 0) is 44.9 Å². The molecule has 0 aliphatic heterocycles. The number of benzene rings is 1. The van der Waals surface area contributed by atoms with E-state index in [2.05, 4.69) is 9.71 Å². The van der Waals surface area contributed by atoms with Crippen LogP contribution in [0.25, 0.3) is 22.2 Å². The minimum atomic E-state index is -3.44. The van der Waals surface area contributed by atoms with Crippen molar-refractivity contribution in [2.24, 2.45) is 7.05 Å². The first-order valence-corrected chi connectivity index (χ1v) is 11.6. The first-order valence-electron chi connectivity index (χ1n) is 9.90. The summed E-state index contributed by atoms with van der Waals surface area (Å²) in [5.74, 6) is 0.981. The summed E-state index contributed by atoms with van der Waals surface area (Å²) in [6, 6.07) is 5.26. The maximum absolute atomic E-state index is 12.1. The van der Waals surface area contributed by atoms with E-state index in [0.717, 1.165) is 31.2 Å². The Bertz CT molecular complexity index is 1210. The number of hydrogen-bond donors (Lipinski definition) is 1. The summed E-state index contributed by atoms with van der Waals surface area (Å²) in [5, 5.41) is 0. The minimum absolute atomic E-state index is 0.0224. The molecule has 1 saturated carbocycles. The number of rotatable bonds is 5. The molecule has 2 heterocycles. The Morgan fingerprint density at radius 2 is 1.97 bits per heavy atom. The molecule has 29 heavy (non-hydrogen) atoms. The Hall–Kier alpha value is -2.61. The standard InChI is InChI=1S/C21H25N3O4S/c1-4-29(26,27)23-16-10-17(15-9-13(2)21(25)24(3)12-15)19-18(11-16)22-20(28-19)14-7-5-6-8-14/h9-12,14,23H,4-8H2,1-3H3. The summed E-state index contributed by atoms with van der Waals surface area (Å²) in [6.07, 6.45) is 6.17. The van der Waals surface area contributed by atoms with Crippen LogP contribution in [0.1, 0.15) is 50.0 Å². The number of fused-ring (bicyclic) bond motifs is 1. The molecule has 1 fully saturated rings. The summed E-state index contributed by atoms with van der Waals surface area (Å²) >= 11 is 0. The van der Waals surface area contributed by atoms with Crippen LogP contribution in [0.4, 0.5) is 5.69 Å². The molecule has 8 heteroatoms. The first-order chi connectivity index (χ1) is 13.8. The Kier molecular flexibility index (Phi) is 4.98. The van der Waals surface area contributed by atoms with Gasteiger partial charge in [0.15, 0.2) is 11.5 Å². The number of nitrogens with one attached hydrogen (secondary N) is 1. The van der Waals surface area contributed by atoms with Crippen molar-refractivity contribution in [2.75, 3.05) is 10.5 Å². The number of aryl methyl sites for hydroxylation is 2. The third-order valence-corrected chi connectivity index (χ3v) is 6.84. The van der Waals surface area contributed by atoms with Crippen molar-refractivity contribution in [1.29, 1.82) is 0 Å².